The maximum atomic E-state index is 13.3. The number of hydrogen-bond donors (Lipinski definition) is 1. The summed E-state index contributed by atoms with van der Waals surface area (Å²) in [5.74, 6) is 1.16. The Bertz CT molecular complexity index is 1390. The van der Waals surface area contributed by atoms with Gasteiger partial charge in [-0.2, -0.15) is 5.10 Å². The van der Waals surface area contributed by atoms with Crippen LogP contribution in [0.5, 0.6) is 11.5 Å². The third kappa shape index (κ3) is 6.52. The van der Waals surface area contributed by atoms with Gasteiger partial charge in [0, 0.05) is 28.4 Å². The van der Waals surface area contributed by atoms with E-state index in [4.69, 9.17) is 21.1 Å². The van der Waals surface area contributed by atoms with Crippen molar-refractivity contribution in [1.82, 2.24) is 9.78 Å². The molecule has 0 radical (unpaired) electrons. The molecule has 4 aromatic rings. The monoisotopic (exact) mass is 505 g/mol. The number of hydrogen-bond acceptors (Lipinski definition) is 4. The van der Waals surface area contributed by atoms with Crippen LogP contribution in [0.25, 0.3) is 6.08 Å². The summed E-state index contributed by atoms with van der Waals surface area (Å²) in [4.78, 5) is 12.5. The highest BCUT2D eigenvalue weighted by Crippen LogP contribution is 2.23. The topological polar surface area (TPSA) is 65.4 Å². The van der Waals surface area contributed by atoms with Gasteiger partial charge in [-0.3, -0.25) is 9.48 Å². The number of carbonyl (C=O) groups is 1. The molecule has 8 heteroatoms. The molecule has 1 heterocycles. The van der Waals surface area contributed by atoms with E-state index < -0.39 is 5.82 Å². The van der Waals surface area contributed by atoms with Crippen molar-refractivity contribution < 1.29 is 18.7 Å². The quantitative estimate of drug-likeness (QED) is 0.272. The normalized spacial score (nSPS) is 11.0. The van der Waals surface area contributed by atoms with E-state index in [1.54, 1.807) is 30.0 Å². The Labute approximate surface area is 213 Å². The molecule has 0 unspecified atom stereocenters. The number of anilines is 1. The summed E-state index contributed by atoms with van der Waals surface area (Å²) in [5, 5.41) is 7.51. The van der Waals surface area contributed by atoms with Crippen LogP contribution in [-0.4, -0.2) is 22.8 Å². The van der Waals surface area contributed by atoms with E-state index in [1.807, 2.05) is 55.5 Å². The number of amides is 1. The lowest BCUT2D eigenvalue weighted by Gasteiger charge is -2.11. The first kappa shape index (κ1) is 25.0. The molecule has 0 aliphatic rings. The van der Waals surface area contributed by atoms with Crippen LogP contribution in [0.3, 0.4) is 0 Å². The number of rotatable bonds is 9. The fourth-order valence-corrected chi connectivity index (χ4v) is 3.80. The number of para-hydroxylation sites is 1. The summed E-state index contributed by atoms with van der Waals surface area (Å²) in [6, 6.07) is 21.1. The zero-order valence-electron chi connectivity index (χ0n) is 19.9. The van der Waals surface area contributed by atoms with Crippen LogP contribution in [0.1, 0.15) is 22.4 Å². The van der Waals surface area contributed by atoms with Gasteiger partial charge in [-0.1, -0.05) is 41.9 Å². The Morgan fingerprint density at radius 2 is 1.89 bits per heavy atom. The molecular weight excluding hydrogens is 481 g/mol. The SMILES string of the molecule is COc1ccc(/C=C/C(=O)Nc2cc(C)n(Cc3ccc(F)cc3Cl)n2)cc1COc1ccccc1. The standard InChI is InChI=1S/C28H25ClFN3O3/c1-19-14-27(32-33(19)17-21-10-11-23(30)16-25(21)29)31-28(34)13-9-20-8-12-26(35-2)22(15-20)18-36-24-6-4-3-5-7-24/h3-16H,17-18H2,1-2H3,(H,31,32,34)/b13-9+. The molecule has 0 saturated heterocycles. The maximum absolute atomic E-state index is 13.3. The average Bonchev–Trinajstić information content (AvgIpc) is 3.22. The first-order valence-electron chi connectivity index (χ1n) is 11.2. The van der Waals surface area contributed by atoms with E-state index in [0.717, 1.165) is 28.1 Å². The minimum atomic E-state index is -0.395. The van der Waals surface area contributed by atoms with Gasteiger partial charge >= 0.3 is 0 Å². The molecule has 0 spiro atoms. The van der Waals surface area contributed by atoms with Gasteiger partial charge in [0.2, 0.25) is 5.91 Å². The highest BCUT2D eigenvalue weighted by atomic mass is 35.5. The molecule has 0 aliphatic heterocycles. The number of nitrogens with one attached hydrogen (secondary N) is 1. The van der Waals surface area contributed by atoms with E-state index in [9.17, 15) is 9.18 Å². The fraction of sp³-hybridized carbons (Fsp3) is 0.143. The first-order valence-corrected chi connectivity index (χ1v) is 11.6. The highest BCUT2D eigenvalue weighted by Gasteiger charge is 2.10. The second kappa shape index (κ2) is 11.6. The van der Waals surface area contributed by atoms with Gasteiger partial charge < -0.3 is 14.8 Å². The third-order valence-corrected chi connectivity index (χ3v) is 5.79. The molecule has 6 nitrogen and oxygen atoms in total. The van der Waals surface area contributed by atoms with Crippen LogP contribution in [0.2, 0.25) is 5.02 Å². The second-order valence-corrected chi connectivity index (χ2v) is 8.47. The summed E-state index contributed by atoms with van der Waals surface area (Å²) in [6.07, 6.45) is 3.15. The number of ether oxygens (including phenoxy) is 2. The minimum absolute atomic E-state index is 0.322. The van der Waals surface area contributed by atoms with Gasteiger partial charge in [0.1, 0.15) is 23.9 Å². The lowest BCUT2D eigenvalue weighted by molar-refractivity contribution is -0.111. The Morgan fingerprint density at radius 3 is 2.64 bits per heavy atom. The van der Waals surface area contributed by atoms with Crippen LogP contribution < -0.4 is 14.8 Å². The van der Waals surface area contributed by atoms with Gasteiger partial charge in [0.25, 0.3) is 0 Å². The Kier molecular flexibility index (Phi) is 8.02. The Balaban J connectivity index is 1.40. The smallest absolute Gasteiger partial charge is 0.249 e. The average molecular weight is 506 g/mol. The van der Waals surface area contributed by atoms with Crippen LogP contribution in [0, 0.1) is 12.7 Å². The molecule has 3 aromatic carbocycles. The van der Waals surface area contributed by atoms with Crippen molar-refractivity contribution >= 4 is 29.4 Å². The third-order valence-electron chi connectivity index (χ3n) is 5.44. The van der Waals surface area contributed by atoms with Crippen LogP contribution >= 0.6 is 11.6 Å². The van der Waals surface area contributed by atoms with Gasteiger partial charge in [-0.15, -0.1) is 0 Å². The van der Waals surface area contributed by atoms with Crippen molar-refractivity contribution in [2.24, 2.45) is 0 Å². The molecule has 184 valence electrons. The van der Waals surface area contributed by atoms with Crippen molar-refractivity contribution in [2.45, 2.75) is 20.1 Å². The molecular formula is C28H25ClFN3O3. The molecule has 0 atom stereocenters. The number of methoxy groups -OCH3 is 1. The molecule has 0 saturated carbocycles. The van der Waals surface area contributed by atoms with Crippen LogP contribution in [0.4, 0.5) is 10.2 Å². The van der Waals surface area contributed by atoms with Crippen molar-refractivity contribution in [3.8, 4) is 11.5 Å². The first-order chi connectivity index (χ1) is 17.4. The number of benzene rings is 3. The van der Waals surface area contributed by atoms with E-state index >= 15 is 0 Å². The minimum Gasteiger partial charge on any atom is -0.496 e. The van der Waals surface area contributed by atoms with Crippen molar-refractivity contribution in [1.29, 1.82) is 0 Å². The largest absolute Gasteiger partial charge is 0.496 e. The molecule has 0 aliphatic carbocycles. The molecule has 36 heavy (non-hydrogen) atoms. The zero-order valence-corrected chi connectivity index (χ0v) is 20.6. The van der Waals surface area contributed by atoms with E-state index in [1.165, 1.54) is 18.2 Å². The van der Waals surface area contributed by atoms with E-state index in [2.05, 4.69) is 10.4 Å². The highest BCUT2D eigenvalue weighted by molar-refractivity contribution is 6.31. The molecule has 1 N–H and O–H groups in total. The second-order valence-electron chi connectivity index (χ2n) is 8.06. The summed E-state index contributed by atoms with van der Waals surface area (Å²) in [7, 11) is 1.61. The van der Waals surface area contributed by atoms with E-state index in [-0.39, 0.29) is 5.91 Å². The van der Waals surface area contributed by atoms with Crippen molar-refractivity contribution in [3.63, 3.8) is 0 Å². The van der Waals surface area contributed by atoms with Gasteiger partial charge in [0.15, 0.2) is 5.82 Å². The van der Waals surface area contributed by atoms with Crippen molar-refractivity contribution in [3.05, 3.63) is 112 Å². The number of aromatic nitrogens is 2. The van der Waals surface area contributed by atoms with E-state index in [0.29, 0.717) is 29.7 Å². The summed E-state index contributed by atoms with van der Waals surface area (Å²) < 4.78 is 26.3. The number of halogens is 2. The fourth-order valence-electron chi connectivity index (χ4n) is 3.58. The predicted octanol–water partition coefficient (Wildman–Crippen LogP) is 6.27. The summed E-state index contributed by atoms with van der Waals surface area (Å²) in [6.45, 7) is 2.55. The summed E-state index contributed by atoms with van der Waals surface area (Å²) >= 11 is 6.13. The van der Waals surface area contributed by atoms with Gasteiger partial charge in [0.05, 0.1) is 13.7 Å². The maximum Gasteiger partial charge on any atom is 0.249 e. The Morgan fingerprint density at radius 1 is 1.08 bits per heavy atom. The predicted molar refractivity (Wildman–Crippen MR) is 139 cm³/mol. The summed E-state index contributed by atoms with van der Waals surface area (Å²) in [5.41, 5.74) is 3.24. The van der Waals surface area contributed by atoms with Crippen LogP contribution in [-0.2, 0) is 17.9 Å². The molecule has 4 rings (SSSR count). The Hall–Kier alpha value is -4.10. The number of carbonyl (C=O) groups excluding carboxylic acids is 1. The lowest BCUT2D eigenvalue weighted by Crippen LogP contribution is -2.10. The number of aryl methyl sites for hydroxylation is 1. The molecule has 0 fully saturated rings. The zero-order chi connectivity index (χ0) is 25.5. The van der Waals surface area contributed by atoms with Crippen LogP contribution in [0.15, 0.2) is 78.9 Å². The molecule has 1 amide bonds. The molecule has 1 aromatic heterocycles. The van der Waals surface area contributed by atoms with Gasteiger partial charge in [-0.05, 0) is 60.5 Å². The number of nitrogens with zero attached hydrogens (tertiary/aromatic N) is 2. The van der Waals surface area contributed by atoms with Gasteiger partial charge in [-0.25, -0.2) is 4.39 Å². The lowest BCUT2D eigenvalue weighted by atomic mass is 10.1. The van der Waals surface area contributed by atoms with Crippen molar-refractivity contribution in [2.75, 3.05) is 12.4 Å². The molecule has 0 bridgehead atoms.